The van der Waals surface area contributed by atoms with Gasteiger partial charge in [-0.1, -0.05) is 0 Å². The zero-order valence-electron chi connectivity index (χ0n) is 13.4. The van der Waals surface area contributed by atoms with Crippen LogP contribution in [0.1, 0.15) is 24.2 Å². The second-order valence-corrected chi connectivity index (χ2v) is 4.55. The van der Waals surface area contributed by atoms with E-state index in [0.29, 0.717) is 0 Å². The van der Waals surface area contributed by atoms with Crippen molar-refractivity contribution in [1.29, 1.82) is 0 Å². The van der Waals surface area contributed by atoms with Crippen LogP contribution < -0.4 is 9.47 Å². The van der Waals surface area contributed by atoms with Gasteiger partial charge in [0, 0.05) is 0 Å². The molecule has 0 aliphatic rings. The first-order valence-electron chi connectivity index (χ1n) is 6.76. The predicted molar refractivity (Wildman–Crippen MR) is 74.6 cm³/mol. The molecule has 0 bridgehead atoms. The van der Waals surface area contributed by atoms with Gasteiger partial charge in [0.15, 0.2) is 17.3 Å². The van der Waals surface area contributed by atoms with Crippen LogP contribution in [-0.2, 0) is 14.3 Å². The topological polar surface area (TPSA) is 78.9 Å². The van der Waals surface area contributed by atoms with Crippen molar-refractivity contribution in [3.8, 4) is 11.5 Å². The van der Waals surface area contributed by atoms with Crippen LogP contribution in [0.5, 0.6) is 11.5 Å². The van der Waals surface area contributed by atoms with Crippen LogP contribution in [0, 0.1) is 23.4 Å². The summed E-state index contributed by atoms with van der Waals surface area (Å²) in [4.78, 5) is 35.7. The van der Waals surface area contributed by atoms with Gasteiger partial charge in [0.1, 0.15) is 5.56 Å². The quantitative estimate of drug-likeness (QED) is 0.247. The second-order valence-electron chi connectivity index (χ2n) is 4.55. The molecule has 24 heavy (non-hydrogen) atoms. The second kappa shape index (κ2) is 7.80. The van der Waals surface area contributed by atoms with Crippen LogP contribution in [0.2, 0.25) is 0 Å². The summed E-state index contributed by atoms with van der Waals surface area (Å²) in [5.41, 5.74) is -0.818. The van der Waals surface area contributed by atoms with Crippen molar-refractivity contribution in [3.05, 3.63) is 23.0 Å². The highest BCUT2D eigenvalue weighted by Gasteiger charge is 2.37. The molecule has 1 aromatic rings. The molecule has 0 fully saturated rings. The predicted octanol–water partition coefficient (Wildman–Crippen LogP) is 2.07. The summed E-state index contributed by atoms with van der Waals surface area (Å²) in [6, 6.07) is 0. The molecule has 0 radical (unpaired) electrons. The average Bonchev–Trinajstić information content (AvgIpc) is 2.57. The fourth-order valence-electron chi connectivity index (χ4n) is 1.94. The van der Waals surface area contributed by atoms with E-state index in [9.17, 15) is 27.6 Å². The first kappa shape index (κ1) is 19.5. The molecule has 1 atom stereocenters. The van der Waals surface area contributed by atoms with E-state index in [0.717, 1.165) is 21.1 Å². The van der Waals surface area contributed by atoms with E-state index in [4.69, 9.17) is 0 Å². The summed E-state index contributed by atoms with van der Waals surface area (Å²) >= 11 is 0. The Morgan fingerprint density at radius 2 is 1.42 bits per heavy atom. The van der Waals surface area contributed by atoms with Gasteiger partial charge in [-0.3, -0.25) is 9.59 Å². The van der Waals surface area contributed by atoms with E-state index in [1.807, 2.05) is 0 Å². The Morgan fingerprint density at radius 3 is 1.79 bits per heavy atom. The molecule has 0 aliphatic heterocycles. The summed E-state index contributed by atoms with van der Waals surface area (Å²) in [5, 5.41) is 0. The van der Waals surface area contributed by atoms with Crippen LogP contribution >= 0.6 is 0 Å². The summed E-state index contributed by atoms with van der Waals surface area (Å²) in [6.07, 6.45) is 0. The highest BCUT2D eigenvalue weighted by atomic mass is 19.2. The third kappa shape index (κ3) is 3.34. The summed E-state index contributed by atoms with van der Waals surface area (Å²) < 4.78 is 54.8. The molecule has 0 aromatic heterocycles. The molecule has 0 spiro atoms. The molecule has 0 saturated heterocycles. The maximum absolute atomic E-state index is 13.8. The molecular weight excluding hydrogens is 333 g/mol. The Labute approximate surface area is 135 Å². The third-order valence-corrected chi connectivity index (χ3v) is 3.16. The molecule has 9 heteroatoms. The Morgan fingerprint density at radius 1 is 0.958 bits per heavy atom. The van der Waals surface area contributed by atoms with Crippen molar-refractivity contribution < 1.29 is 41.8 Å². The van der Waals surface area contributed by atoms with E-state index in [-0.39, 0.29) is 6.61 Å². The van der Waals surface area contributed by atoms with E-state index in [2.05, 4.69) is 14.2 Å². The summed E-state index contributed by atoms with van der Waals surface area (Å²) in [5.74, 6) is -12.6. The van der Waals surface area contributed by atoms with Gasteiger partial charge < -0.3 is 14.2 Å². The minimum atomic E-state index is -1.90. The van der Waals surface area contributed by atoms with Gasteiger partial charge in [-0.2, -0.15) is 8.78 Å². The molecule has 1 rings (SSSR count). The maximum atomic E-state index is 13.8. The lowest BCUT2D eigenvalue weighted by molar-refractivity contribution is -0.154. The fourth-order valence-corrected chi connectivity index (χ4v) is 1.94. The van der Waals surface area contributed by atoms with Crippen molar-refractivity contribution in [2.75, 3.05) is 20.8 Å². The number of halogens is 3. The first-order chi connectivity index (χ1) is 11.2. The van der Waals surface area contributed by atoms with Crippen molar-refractivity contribution in [1.82, 2.24) is 0 Å². The first-order valence-corrected chi connectivity index (χ1v) is 6.76. The molecule has 0 aliphatic carbocycles. The molecule has 0 amide bonds. The normalized spacial score (nSPS) is 11.6. The van der Waals surface area contributed by atoms with Crippen molar-refractivity contribution >= 4 is 17.5 Å². The van der Waals surface area contributed by atoms with Crippen molar-refractivity contribution in [2.24, 2.45) is 5.92 Å². The zero-order valence-corrected chi connectivity index (χ0v) is 13.4. The number of carbonyl (C=O) groups excluding carboxylic acids is 3. The molecule has 0 N–H and O–H groups in total. The number of carbonyl (C=O) groups is 3. The molecule has 1 aromatic carbocycles. The summed E-state index contributed by atoms with van der Waals surface area (Å²) in [6.45, 7) is 2.39. The molecular formula is C15H15F3O6. The Hall–Kier alpha value is -2.58. The van der Waals surface area contributed by atoms with Gasteiger partial charge in [0.2, 0.25) is 17.5 Å². The SMILES string of the molecule is CCOC(=O)C(=O)C(C)C(=O)c1c(OC)c(F)c(F)c(F)c1OC. The number of ketones is 2. The van der Waals surface area contributed by atoms with Gasteiger partial charge >= 0.3 is 5.97 Å². The lowest BCUT2D eigenvalue weighted by atomic mass is 9.93. The van der Waals surface area contributed by atoms with Crippen LogP contribution in [0.3, 0.4) is 0 Å². The van der Waals surface area contributed by atoms with E-state index in [1.165, 1.54) is 6.92 Å². The molecule has 6 nitrogen and oxygen atoms in total. The highest BCUT2D eigenvalue weighted by molar-refractivity contribution is 6.39. The standard InChI is InChI=1S/C15H15F3O6/c1-5-24-15(21)12(20)6(2)11(19)7-13(22-3)9(17)8(16)10(18)14(7)23-4/h6H,5H2,1-4H3. The molecule has 132 valence electrons. The van der Waals surface area contributed by atoms with Gasteiger partial charge in [-0.05, 0) is 13.8 Å². The van der Waals surface area contributed by atoms with Crippen molar-refractivity contribution in [3.63, 3.8) is 0 Å². The number of hydrogen-bond donors (Lipinski definition) is 0. The number of hydrogen-bond acceptors (Lipinski definition) is 6. The maximum Gasteiger partial charge on any atom is 0.375 e. The van der Waals surface area contributed by atoms with E-state index >= 15 is 0 Å². The van der Waals surface area contributed by atoms with E-state index in [1.54, 1.807) is 0 Å². The number of Topliss-reactive ketones (excluding diaryl/α,β-unsaturated/α-hetero) is 2. The molecule has 0 saturated carbocycles. The number of benzene rings is 1. The summed E-state index contributed by atoms with van der Waals surface area (Å²) in [7, 11) is 1.84. The number of rotatable bonds is 7. The minimum absolute atomic E-state index is 0.0993. The largest absolute Gasteiger partial charge is 0.493 e. The average molecular weight is 348 g/mol. The number of ether oxygens (including phenoxy) is 3. The number of esters is 1. The van der Waals surface area contributed by atoms with E-state index < -0.39 is 58.0 Å². The number of methoxy groups -OCH3 is 2. The van der Waals surface area contributed by atoms with Crippen LogP contribution in [0.4, 0.5) is 13.2 Å². The highest BCUT2D eigenvalue weighted by Crippen LogP contribution is 2.38. The molecule has 0 heterocycles. The van der Waals surface area contributed by atoms with Crippen LogP contribution in [0.25, 0.3) is 0 Å². The van der Waals surface area contributed by atoms with Gasteiger partial charge in [-0.25, -0.2) is 9.18 Å². The Bertz CT molecular complexity index is 655. The Balaban J connectivity index is 3.47. The minimum Gasteiger partial charge on any atom is -0.493 e. The van der Waals surface area contributed by atoms with Crippen LogP contribution in [0.15, 0.2) is 0 Å². The van der Waals surface area contributed by atoms with Crippen molar-refractivity contribution in [2.45, 2.75) is 13.8 Å². The lowest BCUT2D eigenvalue weighted by Crippen LogP contribution is -2.30. The van der Waals surface area contributed by atoms with Crippen LogP contribution in [-0.4, -0.2) is 38.4 Å². The van der Waals surface area contributed by atoms with Gasteiger partial charge in [-0.15, -0.1) is 0 Å². The smallest absolute Gasteiger partial charge is 0.375 e. The zero-order chi connectivity index (χ0) is 18.6. The third-order valence-electron chi connectivity index (χ3n) is 3.16. The monoisotopic (exact) mass is 348 g/mol. The van der Waals surface area contributed by atoms with Gasteiger partial charge in [0.05, 0.1) is 26.7 Å². The Kier molecular flexibility index (Phi) is 6.33. The molecule has 1 unspecified atom stereocenters. The lowest BCUT2D eigenvalue weighted by Gasteiger charge is -2.16. The van der Waals surface area contributed by atoms with Gasteiger partial charge in [0.25, 0.3) is 5.78 Å². The fraction of sp³-hybridized carbons (Fsp3) is 0.400.